The Hall–Kier alpha value is -0.340. The maximum Gasteiger partial charge on any atom is 0.0161 e. The molecule has 15 heavy (non-hydrogen) atoms. The zero-order valence-electron chi connectivity index (χ0n) is 10.2. The quantitative estimate of drug-likeness (QED) is 0.619. The zero-order valence-corrected chi connectivity index (χ0v) is 10.2. The number of nitrogens with one attached hydrogen (secondary N) is 1. The molecular formula is C13H26N2. The number of nitrogens with zero attached hydrogens (tertiary/aromatic N) is 1. The minimum absolute atomic E-state index is 0.803. The van der Waals surface area contributed by atoms with Crippen molar-refractivity contribution >= 4 is 0 Å². The molecule has 0 saturated heterocycles. The molecule has 0 atom stereocenters. The van der Waals surface area contributed by atoms with Crippen LogP contribution in [0.4, 0.5) is 0 Å². The van der Waals surface area contributed by atoms with E-state index in [-0.39, 0.29) is 0 Å². The highest BCUT2D eigenvalue weighted by Crippen LogP contribution is 2.17. The van der Waals surface area contributed by atoms with E-state index in [0.717, 1.165) is 25.7 Å². The Labute approximate surface area is 94.7 Å². The number of rotatable bonds is 8. The van der Waals surface area contributed by atoms with Gasteiger partial charge in [0.1, 0.15) is 0 Å². The summed E-state index contributed by atoms with van der Waals surface area (Å²) in [7, 11) is 0. The van der Waals surface area contributed by atoms with Gasteiger partial charge < -0.3 is 5.32 Å². The summed E-state index contributed by atoms with van der Waals surface area (Å²) in [5.74, 6) is 0. The SMILES string of the molecule is C=CCN(CCC)CCNC1CCCC1. The monoisotopic (exact) mass is 210 g/mol. The van der Waals surface area contributed by atoms with Crippen LogP contribution >= 0.6 is 0 Å². The van der Waals surface area contributed by atoms with E-state index in [1.54, 1.807) is 0 Å². The van der Waals surface area contributed by atoms with E-state index in [9.17, 15) is 0 Å². The van der Waals surface area contributed by atoms with Gasteiger partial charge in [0.2, 0.25) is 0 Å². The van der Waals surface area contributed by atoms with Crippen LogP contribution < -0.4 is 5.32 Å². The van der Waals surface area contributed by atoms with Crippen molar-refractivity contribution < 1.29 is 0 Å². The summed E-state index contributed by atoms with van der Waals surface area (Å²) in [5.41, 5.74) is 0. The van der Waals surface area contributed by atoms with E-state index >= 15 is 0 Å². The van der Waals surface area contributed by atoms with Gasteiger partial charge in [0.15, 0.2) is 0 Å². The van der Waals surface area contributed by atoms with Crippen LogP contribution in [-0.4, -0.2) is 37.1 Å². The molecule has 0 aromatic rings. The summed E-state index contributed by atoms with van der Waals surface area (Å²) in [6.45, 7) is 10.6. The Morgan fingerprint density at radius 1 is 1.33 bits per heavy atom. The van der Waals surface area contributed by atoms with Crippen LogP contribution in [0.2, 0.25) is 0 Å². The molecule has 1 rings (SSSR count). The first-order valence-electron chi connectivity index (χ1n) is 6.43. The Morgan fingerprint density at radius 3 is 2.67 bits per heavy atom. The van der Waals surface area contributed by atoms with Crippen LogP contribution in [-0.2, 0) is 0 Å². The van der Waals surface area contributed by atoms with Gasteiger partial charge in [0.05, 0.1) is 0 Å². The molecule has 2 nitrogen and oxygen atoms in total. The van der Waals surface area contributed by atoms with Crippen LogP contribution in [0, 0.1) is 0 Å². The molecular weight excluding hydrogens is 184 g/mol. The average Bonchev–Trinajstić information content (AvgIpc) is 2.71. The molecule has 2 heteroatoms. The first-order valence-corrected chi connectivity index (χ1v) is 6.43. The molecule has 0 aromatic carbocycles. The molecule has 0 amide bonds. The summed E-state index contributed by atoms with van der Waals surface area (Å²) in [6, 6.07) is 0.803. The van der Waals surface area contributed by atoms with Gasteiger partial charge in [0.25, 0.3) is 0 Å². The van der Waals surface area contributed by atoms with Crippen molar-refractivity contribution in [3.8, 4) is 0 Å². The molecule has 1 N–H and O–H groups in total. The Balaban J connectivity index is 2.06. The molecule has 1 fully saturated rings. The largest absolute Gasteiger partial charge is 0.313 e. The van der Waals surface area contributed by atoms with Gasteiger partial charge in [0, 0.05) is 25.7 Å². The van der Waals surface area contributed by atoms with Crippen molar-refractivity contribution in [2.24, 2.45) is 0 Å². The second-order valence-electron chi connectivity index (χ2n) is 4.52. The van der Waals surface area contributed by atoms with Crippen molar-refractivity contribution in [3.63, 3.8) is 0 Å². The summed E-state index contributed by atoms with van der Waals surface area (Å²) in [5, 5.41) is 3.65. The highest BCUT2D eigenvalue weighted by molar-refractivity contribution is 4.76. The van der Waals surface area contributed by atoms with Crippen LogP contribution in [0.15, 0.2) is 12.7 Å². The van der Waals surface area contributed by atoms with Crippen molar-refractivity contribution in [2.75, 3.05) is 26.2 Å². The molecule has 0 heterocycles. The van der Waals surface area contributed by atoms with Gasteiger partial charge in [-0.15, -0.1) is 6.58 Å². The lowest BCUT2D eigenvalue weighted by atomic mass is 10.2. The van der Waals surface area contributed by atoms with Crippen molar-refractivity contribution in [1.29, 1.82) is 0 Å². The van der Waals surface area contributed by atoms with Crippen LogP contribution in [0.3, 0.4) is 0 Å². The zero-order chi connectivity index (χ0) is 10.9. The number of hydrogen-bond acceptors (Lipinski definition) is 2. The Bertz CT molecular complexity index is 162. The van der Waals surface area contributed by atoms with E-state index < -0.39 is 0 Å². The predicted octanol–water partition coefficient (Wildman–Crippen LogP) is 2.42. The molecule has 88 valence electrons. The maximum atomic E-state index is 3.81. The van der Waals surface area contributed by atoms with E-state index in [2.05, 4.69) is 23.7 Å². The van der Waals surface area contributed by atoms with Crippen LogP contribution in [0.25, 0.3) is 0 Å². The lowest BCUT2D eigenvalue weighted by Crippen LogP contribution is -2.36. The van der Waals surface area contributed by atoms with E-state index in [1.165, 1.54) is 38.6 Å². The summed E-state index contributed by atoms with van der Waals surface area (Å²) in [4.78, 5) is 2.47. The lowest BCUT2D eigenvalue weighted by Gasteiger charge is -2.21. The predicted molar refractivity (Wildman–Crippen MR) is 67.2 cm³/mol. The molecule has 0 unspecified atom stereocenters. The Morgan fingerprint density at radius 2 is 2.07 bits per heavy atom. The van der Waals surface area contributed by atoms with Gasteiger partial charge in [-0.25, -0.2) is 0 Å². The van der Waals surface area contributed by atoms with Crippen molar-refractivity contribution in [2.45, 2.75) is 45.1 Å². The molecule has 0 spiro atoms. The average molecular weight is 210 g/mol. The molecule has 0 aromatic heterocycles. The summed E-state index contributed by atoms with van der Waals surface area (Å²) in [6.07, 6.45) is 8.85. The second kappa shape index (κ2) is 7.89. The fraction of sp³-hybridized carbons (Fsp3) is 0.846. The van der Waals surface area contributed by atoms with Gasteiger partial charge in [-0.3, -0.25) is 4.90 Å². The van der Waals surface area contributed by atoms with E-state index in [1.807, 2.05) is 6.08 Å². The normalized spacial score (nSPS) is 17.5. The summed E-state index contributed by atoms with van der Waals surface area (Å²) >= 11 is 0. The standard InChI is InChI=1S/C13H26N2/c1-3-10-15(11-4-2)12-9-14-13-7-5-6-8-13/h3,13-14H,1,4-12H2,2H3. The molecule has 1 saturated carbocycles. The lowest BCUT2D eigenvalue weighted by molar-refractivity contribution is 0.295. The molecule has 0 radical (unpaired) electrons. The van der Waals surface area contributed by atoms with Crippen LogP contribution in [0.5, 0.6) is 0 Å². The second-order valence-corrected chi connectivity index (χ2v) is 4.52. The van der Waals surface area contributed by atoms with Gasteiger partial charge in [-0.1, -0.05) is 25.8 Å². The fourth-order valence-electron chi connectivity index (χ4n) is 2.35. The first kappa shape index (κ1) is 12.7. The highest BCUT2D eigenvalue weighted by atomic mass is 15.1. The smallest absolute Gasteiger partial charge is 0.0161 e. The minimum atomic E-state index is 0.803. The Kier molecular flexibility index (Phi) is 6.69. The van der Waals surface area contributed by atoms with Crippen LogP contribution in [0.1, 0.15) is 39.0 Å². The third-order valence-corrected chi connectivity index (χ3v) is 3.14. The first-order chi connectivity index (χ1) is 7.36. The minimum Gasteiger partial charge on any atom is -0.313 e. The van der Waals surface area contributed by atoms with Gasteiger partial charge in [-0.05, 0) is 25.8 Å². The topological polar surface area (TPSA) is 15.3 Å². The number of hydrogen-bond donors (Lipinski definition) is 1. The molecule has 1 aliphatic rings. The van der Waals surface area contributed by atoms with Crippen molar-refractivity contribution in [3.05, 3.63) is 12.7 Å². The molecule has 1 aliphatic carbocycles. The summed E-state index contributed by atoms with van der Waals surface area (Å²) < 4.78 is 0. The maximum absolute atomic E-state index is 3.81. The van der Waals surface area contributed by atoms with Gasteiger partial charge >= 0.3 is 0 Å². The van der Waals surface area contributed by atoms with E-state index in [4.69, 9.17) is 0 Å². The van der Waals surface area contributed by atoms with E-state index in [0.29, 0.717) is 0 Å². The third-order valence-electron chi connectivity index (χ3n) is 3.14. The highest BCUT2D eigenvalue weighted by Gasteiger charge is 2.13. The molecule has 0 aliphatic heterocycles. The van der Waals surface area contributed by atoms with Gasteiger partial charge in [-0.2, -0.15) is 0 Å². The third kappa shape index (κ3) is 5.33. The van der Waals surface area contributed by atoms with Crippen molar-refractivity contribution in [1.82, 2.24) is 10.2 Å². The fourth-order valence-corrected chi connectivity index (χ4v) is 2.35. The molecule has 0 bridgehead atoms.